The number of halogens is 1. The predicted molar refractivity (Wildman–Crippen MR) is 119 cm³/mol. The number of piperazine rings is 1. The lowest BCUT2D eigenvalue weighted by atomic mass is 10.1. The Labute approximate surface area is 189 Å². The van der Waals surface area contributed by atoms with Gasteiger partial charge in [-0.15, -0.1) is 11.3 Å². The molecule has 1 amide bonds. The van der Waals surface area contributed by atoms with Crippen molar-refractivity contribution in [2.24, 2.45) is 0 Å². The number of thiazole rings is 1. The SMILES string of the molecule is C[C@H]1CN(C(=O)OC(C)(C)C)CCN1c1nc2cc(Cl)c(C#N)c(-c3nccs3)c2o1. The summed E-state index contributed by atoms with van der Waals surface area (Å²) in [6, 6.07) is 4.18. The van der Waals surface area contributed by atoms with E-state index in [9.17, 15) is 10.1 Å². The molecule has 0 unspecified atom stereocenters. The van der Waals surface area contributed by atoms with Crippen LogP contribution in [0.4, 0.5) is 10.8 Å². The monoisotopic (exact) mass is 459 g/mol. The fourth-order valence-corrected chi connectivity index (χ4v) is 4.46. The van der Waals surface area contributed by atoms with Gasteiger partial charge in [-0.05, 0) is 33.8 Å². The number of carbonyl (C=O) groups excluding carboxylic acids is 1. The Bertz CT molecular complexity index is 1160. The first kappa shape index (κ1) is 21.4. The third-order valence-electron chi connectivity index (χ3n) is 4.90. The van der Waals surface area contributed by atoms with Gasteiger partial charge in [0, 0.05) is 37.3 Å². The van der Waals surface area contributed by atoms with Crippen LogP contribution >= 0.6 is 22.9 Å². The minimum Gasteiger partial charge on any atom is -0.444 e. The molecule has 3 aromatic rings. The number of nitrogens with zero attached hydrogens (tertiary/aromatic N) is 5. The number of hydrogen-bond acceptors (Lipinski definition) is 8. The van der Waals surface area contributed by atoms with Gasteiger partial charge in [0.2, 0.25) is 0 Å². The molecular formula is C21H22ClN5O3S. The Morgan fingerprint density at radius 3 is 2.81 bits per heavy atom. The van der Waals surface area contributed by atoms with Gasteiger partial charge in [0.05, 0.1) is 16.1 Å². The molecule has 162 valence electrons. The van der Waals surface area contributed by atoms with Gasteiger partial charge in [-0.2, -0.15) is 10.2 Å². The number of benzene rings is 1. The molecule has 0 saturated carbocycles. The molecule has 1 fully saturated rings. The van der Waals surface area contributed by atoms with E-state index >= 15 is 0 Å². The van der Waals surface area contributed by atoms with Crippen LogP contribution in [0, 0.1) is 11.3 Å². The summed E-state index contributed by atoms with van der Waals surface area (Å²) in [5.41, 5.74) is 1.37. The fraction of sp³-hybridized carbons (Fsp3) is 0.429. The fourth-order valence-electron chi connectivity index (χ4n) is 3.54. The zero-order valence-electron chi connectivity index (χ0n) is 17.7. The molecule has 0 bridgehead atoms. The lowest BCUT2D eigenvalue weighted by Crippen LogP contribution is -2.54. The highest BCUT2D eigenvalue weighted by Gasteiger charge is 2.32. The second-order valence-electron chi connectivity index (χ2n) is 8.37. The van der Waals surface area contributed by atoms with E-state index in [0.29, 0.717) is 57.9 Å². The van der Waals surface area contributed by atoms with E-state index in [4.69, 9.17) is 20.8 Å². The Balaban J connectivity index is 1.65. The Morgan fingerprint density at radius 1 is 1.42 bits per heavy atom. The van der Waals surface area contributed by atoms with Crippen LogP contribution in [0.3, 0.4) is 0 Å². The lowest BCUT2D eigenvalue weighted by Gasteiger charge is -2.39. The van der Waals surface area contributed by atoms with Crippen LogP contribution < -0.4 is 4.90 Å². The minimum atomic E-state index is -0.540. The molecule has 2 aromatic heterocycles. The summed E-state index contributed by atoms with van der Waals surface area (Å²) in [6.45, 7) is 9.06. The number of nitriles is 1. The van der Waals surface area contributed by atoms with E-state index in [1.165, 1.54) is 11.3 Å². The molecule has 0 spiro atoms. The zero-order chi connectivity index (χ0) is 22.3. The number of ether oxygens (including phenoxy) is 1. The van der Waals surface area contributed by atoms with Crippen molar-refractivity contribution in [1.29, 1.82) is 5.26 Å². The van der Waals surface area contributed by atoms with Gasteiger partial charge in [0.15, 0.2) is 5.58 Å². The van der Waals surface area contributed by atoms with Gasteiger partial charge in [-0.1, -0.05) is 11.6 Å². The van der Waals surface area contributed by atoms with E-state index in [-0.39, 0.29) is 12.1 Å². The molecule has 1 aromatic carbocycles. The first-order valence-electron chi connectivity index (χ1n) is 9.85. The Kier molecular flexibility index (Phi) is 5.54. The largest absolute Gasteiger partial charge is 0.444 e. The quantitative estimate of drug-likeness (QED) is 0.536. The molecule has 3 heterocycles. The van der Waals surface area contributed by atoms with Gasteiger partial charge >= 0.3 is 6.09 Å². The van der Waals surface area contributed by atoms with Crippen LogP contribution in [-0.4, -0.2) is 52.2 Å². The summed E-state index contributed by atoms with van der Waals surface area (Å²) in [6.07, 6.45) is 1.34. The number of oxazole rings is 1. The summed E-state index contributed by atoms with van der Waals surface area (Å²) in [7, 11) is 0. The first-order chi connectivity index (χ1) is 14.7. The van der Waals surface area contributed by atoms with Crippen molar-refractivity contribution in [3.63, 3.8) is 0 Å². The van der Waals surface area contributed by atoms with Crippen LogP contribution in [0.5, 0.6) is 0 Å². The van der Waals surface area contributed by atoms with E-state index in [2.05, 4.69) is 16.0 Å². The second-order valence-corrected chi connectivity index (χ2v) is 9.67. The topological polar surface area (TPSA) is 95.5 Å². The van der Waals surface area contributed by atoms with Crippen LogP contribution in [0.25, 0.3) is 21.7 Å². The van der Waals surface area contributed by atoms with Crippen LogP contribution in [0.15, 0.2) is 22.1 Å². The van der Waals surface area contributed by atoms with Gasteiger partial charge in [0.25, 0.3) is 6.01 Å². The highest BCUT2D eigenvalue weighted by atomic mass is 35.5. The smallest absolute Gasteiger partial charge is 0.410 e. The van der Waals surface area contributed by atoms with Crippen LogP contribution in [0.2, 0.25) is 5.02 Å². The highest BCUT2D eigenvalue weighted by molar-refractivity contribution is 7.13. The molecule has 1 atom stereocenters. The molecule has 4 rings (SSSR count). The van der Waals surface area contributed by atoms with Crippen LogP contribution in [-0.2, 0) is 4.74 Å². The molecular weight excluding hydrogens is 438 g/mol. The van der Waals surface area contributed by atoms with Crippen LogP contribution in [0.1, 0.15) is 33.3 Å². The Hall–Kier alpha value is -2.83. The normalized spacial score (nSPS) is 17.1. The number of carbonyl (C=O) groups is 1. The number of fused-ring (bicyclic) bond motifs is 1. The average molecular weight is 460 g/mol. The number of amides is 1. The van der Waals surface area contributed by atoms with Gasteiger partial charge in [0.1, 0.15) is 22.2 Å². The standard InChI is InChI=1S/C21H22ClN5O3S/c1-12-11-26(20(28)30-21(2,3)4)6-7-27(12)19-25-15-9-14(22)13(10-23)16(17(15)29-19)18-24-5-8-31-18/h5,8-9,12H,6-7,11H2,1-4H3/t12-/m0/s1. The van der Waals surface area contributed by atoms with E-state index in [0.717, 1.165) is 0 Å². The van der Waals surface area contributed by atoms with E-state index in [1.54, 1.807) is 17.2 Å². The molecule has 0 N–H and O–H groups in total. The maximum Gasteiger partial charge on any atom is 0.410 e. The van der Waals surface area contributed by atoms with Crippen molar-refractivity contribution in [2.75, 3.05) is 24.5 Å². The zero-order valence-corrected chi connectivity index (χ0v) is 19.3. The van der Waals surface area contributed by atoms with E-state index in [1.807, 2.05) is 38.0 Å². The van der Waals surface area contributed by atoms with Gasteiger partial charge in [-0.25, -0.2) is 9.78 Å². The maximum atomic E-state index is 12.4. The van der Waals surface area contributed by atoms with Crippen molar-refractivity contribution >= 4 is 46.1 Å². The van der Waals surface area contributed by atoms with E-state index < -0.39 is 5.60 Å². The van der Waals surface area contributed by atoms with Crippen molar-refractivity contribution in [1.82, 2.24) is 14.9 Å². The summed E-state index contributed by atoms with van der Waals surface area (Å²) >= 11 is 7.76. The third-order valence-corrected chi connectivity index (χ3v) is 5.99. The predicted octanol–water partition coefficient (Wildman–Crippen LogP) is 4.92. The van der Waals surface area contributed by atoms with Crippen molar-refractivity contribution < 1.29 is 13.9 Å². The minimum absolute atomic E-state index is 0.0384. The summed E-state index contributed by atoms with van der Waals surface area (Å²) in [5.74, 6) is 0. The summed E-state index contributed by atoms with van der Waals surface area (Å²) in [5, 5.41) is 12.4. The second kappa shape index (κ2) is 8.02. The summed E-state index contributed by atoms with van der Waals surface area (Å²) in [4.78, 5) is 25.1. The molecule has 0 aliphatic carbocycles. The van der Waals surface area contributed by atoms with Gasteiger partial charge < -0.3 is 19.0 Å². The molecule has 10 heteroatoms. The first-order valence-corrected chi connectivity index (χ1v) is 11.1. The van der Waals surface area contributed by atoms with Crippen molar-refractivity contribution in [2.45, 2.75) is 39.3 Å². The van der Waals surface area contributed by atoms with Crippen molar-refractivity contribution in [3.8, 4) is 16.6 Å². The molecule has 31 heavy (non-hydrogen) atoms. The number of hydrogen-bond donors (Lipinski definition) is 0. The lowest BCUT2D eigenvalue weighted by molar-refractivity contribution is 0.0216. The van der Waals surface area contributed by atoms with Crippen molar-refractivity contribution in [3.05, 3.63) is 28.2 Å². The highest BCUT2D eigenvalue weighted by Crippen LogP contribution is 2.39. The third kappa shape index (κ3) is 4.18. The van der Waals surface area contributed by atoms with Gasteiger partial charge in [-0.3, -0.25) is 0 Å². The molecule has 1 aliphatic rings. The molecule has 0 radical (unpaired) electrons. The number of rotatable bonds is 2. The average Bonchev–Trinajstić information content (AvgIpc) is 3.35. The summed E-state index contributed by atoms with van der Waals surface area (Å²) < 4.78 is 11.6. The maximum absolute atomic E-state index is 12.4. The molecule has 8 nitrogen and oxygen atoms in total. The molecule has 1 saturated heterocycles. The molecule has 1 aliphatic heterocycles. The Morgan fingerprint density at radius 2 is 2.19 bits per heavy atom. The number of aromatic nitrogens is 2. The number of anilines is 1.